The molecule has 0 radical (unpaired) electrons. The van der Waals surface area contributed by atoms with E-state index in [0.29, 0.717) is 28.7 Å². The molecule has 8 nitrogen and oxygen atoms in total. The van der Waals surface area contributed by atoms with Gasteiger partial charge in [-0.05, 0) is 43.0 Å². The summed E-state index contributed by atoms with van der Waals surface area (Å²) in [4.78, 5) is 12.4. The number of amides is 1. The fourth-order valence-electron chi connectivity index (χ4n) is 2.76. The summed E-state index contributed by atoms with van der Waals surface area (Å²) in [7, 11) is -3.57. The monoisotopic (exact) mass is 478 g/mol. The van der Waals surface area contributed by atoms with Crippen molar-refractivity contribution in [1.82, 2.24) is 10.2 Å². The number of hydrogen-bond acceptors (Lipinski definition) is 8. The lowest BCUT2D eigenvalue weighted by Crippen LogP contribution is -2.29. The summed E-state index contributed by atoms with van der Waals surface area (Å²) in [5, 5.41) is 11.0. The summed E-state index contributed by atoms with van der Waals surface area (Å²) >= 11 is 2.75. The first-order valence-corrected chi connectivity index (χ1v) is 13.2. The zero-order valence-electron chi connectivity index (χ0n) is 17.2. The molecule has 0 aliphatic rings. The molecule has 11 heteroatoms. The third-order valence-electron chi connectivity index (χ3n) is 4.18. The van der Waals surface area contributed by atoms with Gasteiger partial charge >= 0.3 is 0 Å². The van der Waals surface area contributed by atoms with E-state index in [1.807, 2.05) is 13.2 Å². The summed E-state index contributed by atoms with van der Waals surface area (Å²) in [5.74, 6) is 0.185. The van der Waals surface area contributed by atoms with E-state index < -0.39 is 10.0 Å². The highest BCUT2D eigenvalue weighted by atomic mass is 32.2. The number of nitrogens with zero attached hydrogens (tertiary/aromatic N) is 3. The van der Waals surface area contributed by atoms with Gasteiger partial charge in [0.05, 0.1) is 25.1 Å². The maximum atomic E-state index is 12.5. The minimum absolute atomic E-state index is 0.109. The number of benzene rings is 2. The lowest BCUT2D eigenvalue weighted by Gasteiger charge is -2.24. The number of ether oxygens (including phenoxy) is 1. The van der Waals surface area contributed by atoms with Gasteiger partial charge in [0.2, 0.25) is 15.2 Å². The number of hydrogen-bond donors (Lipinski definition) is 1. The topological polar surface area (TPSA) is 101 Å². The van der Waals surface area contributed by atoms with Gasteiger partial charge in [0.1, 0.15) is 5.75 Å². The number of nitrogens with one attached hydrogen (secondary N) is 1. The van der Waals surface area contributed by atoms with Gasteiger partial charge in [-0.15, -0.1) is 10.2 Å². The zero-order chi connectivity index (χ0) is 22.4. The quantitative estimate of drug-likeness (QED) is 0.368. The molecule has 0 saturated carbocycles. The van der Waals surface area contributed by atoms with Crippen molar-refractivity contribution in [2.45, 2.75) is 17.8 Å². The molecule has 0 unspecified atom stereocenters. The fraction of sp³-hybridized carbons (Fsp3) is 0.250. The van der Waals surface area contributed by atoms with Gasteiger partial charge in [0, 0.05) is 5.56 Å². The van der Waals surface area contributed by atoms with Crippen molar-refractivity contribution < 1.29 is 17.9 Å². The average molecular weight is 479 g/mol. The van der Waals surface area contributed by atoms with Crippen LogP contribution in [0.4, 0.5) is 10.8 Å². The van der Waals surface area contributed by atoms with Crippen LogP contribution in [0.2, 0.25) is 0 Å². The molecule has 1 heterocycles. The van der Waals surface area contributed by atoms with Crippen LogP contribution in [-0.2, 0) is 16.6 Å². The van der Waals surface area contributed by atoms with Crippen molar-refractivity contribution in [2.75, 3.05) is 28.7 Å². The van der Waals surface area contributed by atoms with Crippen molar-refractivity contribution in [3.8, 4) is 5.75 Å². The third-order valence-corrected chi connectivity index (χ3v) is 7.12. The minimum Gasteiger partial charge on any atom is -0.492 e. The molecular weight excluding hydrogens is 456 g/mol. The van der Waals surface area contributed by atoms with Gasteiger partial charge in [-0.2, -0.15) is 0 Å². The molecule has 1 aromatic heterocycles. The van der Waals surface area contributed by atoms with Crippen LogP contribution in [0.15, 0.2) is 52.9 Å². The molecule has 0 fully saturated rings. The van der Waals surface area contributed by atoms with Crippen LogP contribution in [0.3, 0.4) is 0 Å². The fourth-order valence-corrected chi connectivity index (χ4v) is 4.82. The summed E-state index contributed by atoms with van der Waals surface area (Å²) in [5.41, 5.74) is 1.63. The predicted octanol–water partition coefficient (Wildman–Crippen LogP) is 3.88. The van der Waals surface area contributed by atoms with Crippen LogP contribution in [-0.4, -0.2) is 43.6 Å². The Kier molecular flexibility index (Phi) is 7.52. The Morgan fingerprint density at radius 1 is 1.16 bits per heavy atom. The normalized spacial score (nSPS) is 11.2. The molecule has 0 saturated heterocycles. The number of para-hydroxylation sites is 2. The van der Waals surface area contributed by atoms with Crippen molar-refractivity contribution in [3.63, 3.8) is 0 Å². The maximum Gasteiger partial charge on any atom is 0.257 e. The summed E-state index contributed by atoms with van der Waals surface area (Å²) in [6.45, 7) is 2.37. The Morgan fingerprint density at radius 3 is 2.48 bits per heavy atom. The highest BCUT2D eigenvalue weighted by Crippen LogP contribution is 2.31. The van der Waals surface area contributed by atoms with Crippen molar-refractivity contribution in [1.29, 1.82) is 0 Å². The molecule has 2 aromatic carbocycles. The third kappa shape index (κ3) is 5.96. The van der Waals surface area contributed by atoms with E-state index in [2.05, 4.69) is 15.5 Å². The van der Waals surface area contributed by atoms with Gasteiger partial charge in [-0.1, -0.05) is 47.4 Å². The van der Waals surface area contributed by atoms with Crippen LogP contribution in [0.5, 0.6) is 5.75 Å². The number of aromatic nitrogens is 2. The number of carbonyl (C=O) groups is 1. The van der Waals surface area contributed by atoms with Gasteiger partial charge in [0.15, 0.2) is 4.34 Å². The first-order valence-electron chi connectivity index (χ1n) is 9.29. The zero-order valence-corrected chi connectivity index (χ0v) is 19.7. The van der Waals surface area contributed by atoms with Crippen molar-refractivity contribution >= 4 is 49.8 Å². The predicted molar refractivity (Wildman–Crippen MR) is 125 cm³/mol. The summed E-state index contributed by atoms with van der Waals surface area (Å²) in [6.07, 6.45) is 3.04. The number of rotatable bonds is 9. The molecule has 0 atom stereocenters. The Labute approximate surface area is 189 Å². The second kappa shape index (κ2) is 10.1. The van der Waals surface area contributed by atoms with Gasteiger partial charge in [0.25, 0.3) is 5.91 Å². The van der Waals surface area contributed by atoms with Crippen LogP contribution in [0.1, 0.15) is 22.8 Å². The average Bonchev–Trinajstić information content (AvgIpc) is 3.20. The molecule has 0 spiro atoms. The Balaban J connectivity index is 1.78. The lowest BCUT2D eigenvalue weighted by molar-refractivity contribution is 0.102. The SMILES string of the molecule is CCOc1ccccc1N(Cc1ccc(C(=O)Nc2nnc(SC)s2)cc1)S(C)(=O)=O. The van der Waals surface area contributed by atoms with Crippen LogP contribution in [0.25, 0.3) is 0 Å². The van der Waals surface area contributed by atoms with E-state index in [4.69, 9.17) is 4.74 Å². The van der Waals surface area contributed by atoms with Crippen molar-refractivity contribution in [3.05, 3.63) is 59.7 Å². The van der Waals surface area contributed by atoms with Gasteiger partial charge in [-0.25, -0.2) is 8.42 Å². The molecular formula is C20H22N4O4S3. The Hall–Kier alpha value is -2.63. The van der Waals surface area contributed by atoms with Crippen LogP contribution < -0.4 is 14.4 Å². The molecule has 0 bridgehead atoms. The summed E-state index contributed by atoms with van der Waals surface area (Å²) < 4.78 is 32.6. The van der Waals surface area contributed by atoms with Crippen LogP contribution in [0, 0.1) is 0 Å². The first-order chi connectivity index (χ1) is 14.8. The standard InChI is InChI=1S/C20H22N4O4S3/c1-4-28-17-8-6-5-7-16(17)24(31(3,26)27)13-14-9-11-15(12-10-14)18(25)21-19-22-23-20(29-2)30-19/h5-12H,4,13H2,1-3H3,(H,21,22,25). The van der Waals surface area contributed by atoms with E-state index >= 15 is 0 Å². The highest BCUT2D eigenvalue weighted by molar-refractivity contribution is 8.00. The number of carbonyl (C=O) groups excluding carboxylic acids is 1. The molecule has 164 valence electrons. The Bertz CT molecular complexity index is 1150. The lowest BCUT2D eigenvalue weighted by atomic mass is 10.1. The maximum absolute atomic E-state index is 12.5. The van der Waals surface area contributed by atoms with Crippen molar-refractivity contribution in [2.24, 2.45) is 0 Å². The highest BCUT2D eigenvalue weighted by Gasteiger charge is 2.21. The first kappa shape index (κ1) is 23.0. The second-order valence-corrected chi connectivity index (χ2v) is 10.3. The Morgan fingerprint density at radius 2 is 1.87 bits per heavy atom. The molecule has 3 rings (SSSR count). The second-order valence-electron chi connectivity index (χ2n) is 6.40. The smallest absolute Gasteiger partial charge is 0.257 e. The minimum atomic E-state index is -3.57. The number of thioether (sulfide) groups is 1. The number of sulfonamides is 1. The van der Waals surface area contributed by atoms with Gasteiger partial charge in [-0.3, -0.25) is 14.4 Å². The van der Waals surface area contributed by atoms with Gasteiger partial charge < -0.3 is 4.74 Å². The van der Waals surface area contributed by atoms with E-state index in [1.54, 1.807) is 48.5 Å². The molecule has 3 aromatic rings. The molecule has 0 aliphatic heterocycles. The van der Waals surface area contributed by atoms with E-state index in [1.165, 1.54) is 27.4 Å². The molecule has 0 aliphatic carbocycles. The van der Waals surface area contributed by atoms with E-state index in [0.717, 1.165) is 16.2 Å². The van der Waals surface area contributed by atoms with Crippen LogP contribution >= 0.6 is 23.1 Å². The van der Waals surface area contributed by atoms with E-state index in [-0.39, 0.29) is 12.5 Å². The largest absolute Gasteiger partial charge is 0.492 e. The molecule has 1 N–H and O–H groups in total. The van der Waals surface area contributed by atoms with E-state index in [9.17, 15) is 13.2 Å². The molecule has 1 amide bonds. The summed E-state index contributed by atoms with van der Waals surface area (Å²) in [6, 6.07) is 13.8. The number of anilines is 2. The molecule has 31 heavy (non-hydrogen) atoms.